The first-order chi connectivity index (χ1) is 9.93. The van der Waals surface area contributed by atoms with Crippen LogP contribution in [0, 0.1) is 16.0 Å². The molecule has 0 fully saturated rings. The van der Waals surface area contributed by atoms with Crippen molar-refractivity contribution in [2.75, 3.05) is 6.54 Å². The summed E-state index contributed by atoms with van der Waals surface area (Å²) in [6.45, 7) is 1.98. The van der Waals surface area contributed by atoms with E-state index in [1.807, 2.05) is 6.92 Å². The van der Waals surface area contributed by atoms with Gasteiger partial charge in [0.15, 0.2) is 0 Å². The Balaban J connectivity index is 2.49. The molecule has 0 heterocycles. The minimum Gasteiger partial charge on any atom is -0.481 e. The Labute approximate surface area is 122 Å². The molecule has 0 aliphatic carbocycles. The van der Waals surface area contributed by atoms with Crippen molar-refractivity contribution in [1.82, 2.24) is 5.32 Å². The third kappa shape index (κ3) is 5.60. The molecule has 0 saturated heterocycles. The van der Waals surface area contributed by atoms with Gasteiger partial charge in [-0.2, -0.15) is 0 Å². The maximum Gasteiger partial charge on any atom is 0.308 e. The second-order valence-corrected chi connectivity index (χ2v) is 4.73. The van der Waals surface area contributed by atoms with Crippen LogP contribution >= 0.6 is 0 Å². The van der Waals surface area contributed by atoms with Crippen LogP contribution in [0.3, 0.4) is 0 Å². The molecule has 114 valence electrons. The molecule has 0 bridgehead atoms. The van der Waals surface area contributed by atoms with Crippen molar-refractivity contribution < 1.29 is 19.6 Å². The highest BCUT2D eigenvalue weighted by Crippen LogP contribution is 2.12. The molecule has 0 spiro atoms. The summed E-state index contributed by atoms with van der Waals surface area (Å²) in [7, 11) is 0. The molecule has 7 heteroatoms. The van der Waals surface area contributed by atoms with Gasteiger partial charge in [0.05, 0.1) is 17.3 Å². The number of hydrogen-bond acceptors (Lipinski definition) is 4. The number of benzene rings is 1. The summed E-state index contributed by atoms with van der Waals surface area (Å²) < 4.78 is 0. The fourth-order valence-corrected chi connectivity index (χ4v) is 1.88. The Morgan fingerprint density at radius 1 is 1.33 bits per heavy atom. The summed E-state index contributed by atoms with van der Waals surface area (Å²) in [5.41, 5.74) is 0.605. The summed E-state index contributed by atoms with van der Waals surface area (Å²) in [6, 6.07) is 5.69. The van der Waals surface area contributed by atoms with Gasteiger partial charge in [-0.1, -0.05) is 25.5 Å². The normalized spacial score (nSPS) is 11.7. The average molecular weight is 294 g/mol. The lowest BCUT2D eigenvalue weighted by atomic mass is 10.0. The number of nitro benzene ring substituents is 1. The molecular weight excluding hydrogens is 276 g/mol. The number of carbonyl (C=O) groups is 2. The Bertz CT molecular complexity index is 513. The van der Waals surface area contributed by atoms with Gasteiger partial charge in [0.2, 0.25) is 5.91 Å². The number of rotatable bonds is 8. The third-order valence-electron chi connectivity index (χ3n) is 3.04. The quantitative estimate of drug-likeness (QED) is 0.560. The first-order valence-corrected chi connectivity index (χ1v) is 6.66. The molecule has 21 heavy (non-hydrogen) atoms. The molecule has 1 unspecified atom stereocenters. The zero-order chi connectivity index (χ0) is 15.8. The molecule has 7 nitrogen and oxygen atoms in total. The molecule has 0 aromatic heterocycles. The number of carboxylic acid groups (broad SMARTS) is 1. The molecule has 0 saturated carbocycles. The lowest BCUT2D eigenvalue weighted by Gasteiger charge is -2.12. The third-order valence-corrected chi connectivity index (χ3v) is 3.04. The first kappa shape index (κ1) is 16.6. The molecule has 1 aromatic carbocycles. The molecule has 0 aliphatic heterocycles. The minimum absolute atomic E-state index is 0.0342. The van der Waals surface area contributed by atoms with E-state index in [0.717, 1.165) is 6.42 Å². The first-order valence-electron chi connectivity index (χ1n) is 6.66. The monoisotopic (exact) mass is 294 g/mol. The van der Waals surface area contributed by atoms with Gasteiger partial charge in [-0.3, -0.25) is 19.7 Å². The van der Waals surface area contributed by atoms with Crippen molar-refractivity contribution in [3.05, 3.63) is 39.9 Å². The maximum atomic E-state index is 11.7. The van der Waals surface area contributed by atoms with Crippen molar-refractivity contribution >= 4 is 17.6 Å². The van der Waals surface area contributed by atoms with Crippen LogP contribution in [-0.4, -0.2) is 28.5 Å². The molecule has 1 rings (SSSR count). The Hall–Kier alpha value is -2.44. The van der Waals surface area contributed by atoms with Crippen molar-refractivity contribution in [3.63, 3.8) is 0 Å². The highest BCUT2D eigenvalue weighted by molar-refractivity contribution is 5.79. The highest BCUT2D eigenvalue weighted by atomic mass is 16.6. The van der Waals surface area contributed by atoms with Crippen LogP contribution in [0.1, 0.15) is 25.3 Å². The number of nitrogens with zero attached hydrogens (tertiary/aromatic N) is 1. The summed E-state index contributed by atoms with van der Waals surface area (Å²) in [5, 5.41) is 22.1. The average Bonchev–Trinajstić information content (AvgIpc) is 2.43. The molecule has 0 aliphatic rings. The maximum absolute atomic E-state index is 11.7. The van der Waals surface area contributed by atoms with Gasteiger partial charge in [-0.05, 0) is 12.0 Å². The van der Waals surface area contributed by atoms with E-state index in [1.54, 1.807) is 0 Å². The summed E-state index contributed by atoms with van der Waals surface area (Å²) in [5.74, 6) is -1.81. The number of nitro groups is 1. The van der Waals surface area contributed by atoms with Crippen LogP contribution in [0.4, 0.5) is 5.69 Å². The number of amides is 1. The van der Waals surface area contributed by atoms with Crippen LogP contribution < -0.4 is 5.32 Å². The van der Waals surface area contributed by atoms with Crippen LogP contribution in [0.25, 0.3) is 0 Å². The fourth-order valence-electron chi connectivity index (χ4n) is 1.88. The Kier molecular flexibility index (Phi) is 6.32. The van der Waals surface area contributed by atoms with E-state index in [9.17, 15) is 19.7 Å². The van der Waals surface area contributed by atoms with Crippen LogP contribution in [0.5, 0.6) is 0 Å². The predicted molar refractivity (Wildman–Crippen MR) is 75.8 cm³/mol. The Morgan fingerprint density at radius 3 is 2.43 bits per heavy atom. The van der Waals surface area contributed by atoms with E-state index in [4.69, 9.17) is 5.11 Å². The van der Waals surface area contributed by atoms with Gasteiger partial charge in [-0.15, -0.1) is 0 Å². The van der Waals surface area contributed by atoms with E-state index in [2.05, 4.69) is 5.32 Å². The zero-order valence-electron chi connectivity index (χ0n) is 11.7. The molecule has 1 atom stereocenters. The molecule has 1 amide bonds. The summed E-state index contributed by atoms with van der Waals surface area (Å²) in [4.78, 5) is 32.7. The SMILES string of the molecule is CCCC(CNC(=O)Cc1ccc([N+](=O)[O-])cc1)C(=O)O. The largest absolute Gasteiger partial charge is 0.481 e. The lowest BCUT2D eigenvalue weighted by molar-refractivity contribution is -0.384. The highest BCUT2D eigenvalue weighted by Gasteiger charge is 2.17. The van der Waals surface area contributed by atoms with E-state index in [1.165, 1.54) is 24.3 Å². The fraction of sp³-hybridized carbons (Fsp3) is 0.429. The van der Waals surface area contributed by atoms with Gasteiger partial charge >= 0.3 is 5.97 Å². The smallest absolute Gasteiger partial charge is 0.308 e. The van der Waals surface area contributed by atoms with Gasteiger partial charge in [0, 0.05) is 18.7 Å². The second-order valence-electron chi connectivity index (χ2n) is 4.73. The van der Waals surface area contributed by atoms with Gasteiger partial charge < -0.3 is 10.4 Å². The number of hydrogen-bond donors (Lipinski definition) is 2. The minimum atomic E-state index is -0.924. The van der Waals surface area contributed by atoms with Crippen molar-refractivity contribution in [3.8, 4) is 0 Å². The second kappa shape index (κ2) is 7.98. The topological polar surface area (TPSA) is 110 Å². The summed E-state index contributed by atoms with van der Waals surface area (Å²) >= 11 is 0. The number of non-ortho nitro benzene ring substituents is 1. The number of aliphatic carboxylic acids is 1. The van der Waals surface area contributed by atoms with Crippen molar-refractivity contribution in [2.24, 2.45) is 5.92 Å². The van der Waals surface area contributed by atoms with Crippen LogP contribution in [0.15, 0.2) is 24.3 Å². The molecule has 0 radical (unpaired) electrons. The van der Waals surface area contributed by atoms with E-state index >= 15 is 0 Å². The number of carboxylic acids is 1. The van der Waals surface area contributed by atoms with E-state index in [-0.39, 0.29) is 24.6 Å². The standard InChI is InChI=1S/C14H18N2O5/c1-2-3-11(14(18)19)9-15-13(17)8-10-4-6-12(7-5-10)16(20)21/h4-7,11H,2-3,8-9H2,1H3,(H,15,17)(H,18,19). The summed E-state index contributed by atoms with van der Waals surface area (Å²) in [6.07, 6.45) is 1.30. The van der Waals surface area contributed by atoms with Crippen molar-refractivity contribution in [2.45, 2.75) is 26.2 Å². The number of carbonyl (C=O) groups excluding carboxylic acids is 1. The molecule has 2 N–H and O–H groups in total. The van der Waals surface area contributed by atoms with Gasteiger partial charge in [-0.25, -0.2) is 0 Å². The van der Waals surface area contributed by atoms with E-state index < -0.39 is 16.8 Å². The lowest BCUT2D eigenvalue weighted by Crippen LogP contribution is -2.33. The molecular formula is C14H18N2O5. The predicted octanol–water partition coefficient (Wildman–Crippen LogP) is 1.75. The Morgan fingerprint density at radius 2 is 1.95 bits per heavy atom. The number of nitrogens with one attached hydrogen (secondary N) is 1. The van der Waals surface area contributed by atoms with E-state index in [0.29, 0.717) is 12.0 Å². The van der Waals surface area contributed by atoms with Crippen LogP contribution in [-0.2, 0) is 16.0 Å². The van der Waals surface area contributed by atoms with Crippen molar-refractivity contribution in [1.29, 1.82) is 0 Å². The van der Waals surface area contributed by atoms with Crippen LogP contribution in [0.2, 0.25) is 0 Å². The zero-order valence-corrected chi connectivity index (χ0v) is 11.7. The van der Waals surface area contributed by atoms with Gasteiger partial charge in [0.1, 0.15) is 0 Å². The molecule has 1 aromatic rings. The van der Waals surface area contributed by atoms with Gasteiger partial charge in [0.25, 0.3) is 5.69 Å².